The van der Waals surface area contributed by atoms with Crippen molar-refractivity contribution < 1.29 is 22.7 Å². The number of anilines is 1. The summed E-state index contributed by atoms with van der Waals surface area (Å²) in [6.45, 7) is 5.42. The molecule has 3 aromatic carbocycles. The summed E-state index contributed by atoms with van der Waals surface area (Å²) in [5.74, 6) is -0.589. The van der Waals surface area contributed by atoms with Crippen molar-refractivity contribution in [2.24, 2.45) is 0 Å². The third-order valence-electron chi connectivity index (χ3n) is 6.22. The van der Waals surface area contributed by atoms with E-state index in [0.29, 0.717) is 17.3 Å². The van der Waals surface area contributed by atoms with Gasteiger partial charge in [0.15, 0.2) is 0 Å². The molecule has 0 aliphatic heterocycles. The number of benzene rings is 3. The Balaban J connectivity index is 2.05. The number of rotatable bonds is 12. The van der Waals surface area contributed by atoms with Crippen LogP contribution in [-0.4, -0.2) is 51.4 Å². The maximum Gasteiger partial charge on any atom is 0.264 e. The number of carbonyl (C=O) groups is 2. The van der Waals surface area contributed by atoms with E-state index in [2.05, 4.69) is 5.32 Å². The Hall–Kier alpha value is -3.56. The molecular weight excluding hydrogens is 538 g/mol. The van der Waals surface area contributed by atoms with Gasteiger partial charge in [-0.3, -0.25) is 13.9 Å². The van der Waals surface area contributed by atoms with Crippen molar-refractivity contribution >= 4 is 39.1 Å². The minimum absolute atomic E-state index is 0.0322. The van der Waals surface area contributed by atoms with Gasteiger partial charge in [0, 0.05) is 18.1 Å². The van der Waals surface area contributed by atoms with Gasteiger partial charge in [-0.1, -0.05) is 60.5 Å². The minimum atomic E-state index is -4.18. The quantitative estimate of drug-likeness (QED) is 0.337. The van der Waals surface area contributed by atoms with E-state index in [1.54, 1.807) is 67.6 Å². The molecule has 0 bridgehead atoms. The molecular formula is C29H34ClN3O5S. The highest BCUT2D eigenvalue weighted by atomic mass is 35.5. The Morgan fingerprint density at radius 2 is 1.64 bits per heavy atom. The summed E-state index contributed by atoms with van der Waals surface area (Å²) >= 11 is 6.03. The zero-order valence-electron chi connectivity index (χ0n) is 22.6. The second-order valence-electron chi connectivity index (χ2n) is 9.11. The molecule has 3 aromatic rings. The minimum Gasteiger partial charge on any atom is -0.495 e. The molecule has 208 valence electrons. The Kier molecular flexibility index (Phi) is 10.4. The fourth-order valence-electron chi connectivity index (χ4n) is 3.95. The maximum absolute atomic E-state index is 13.9. The van der Waals surface area contributed by atoms with Crippen LogP contribution < -0.4 is 14.4 Å². The van der Waals surface area contributed by atoms with Gasteiger partial charge in [-0.15, -0.1) is 0 Å². The van der Waals surface area contributed by atoms with Gasteiger partial charge in [0.25, 0.3) is 10.0 Å². The average molecular weight is 572 g/mol. The summed E-state index contributed by atoms with van der Waals surface area (Å²) in [6, 6.07) is 19.1. The number of aryl methyl sites for hydroxylation is 1. The number of nitrogens with zero attached hydrogens (tertiary/aromatic N) is 2. The largest absolute Gasteiger partial charge is 0.495 e. The first-order valence-corrected chi connectivity index (χ1v) is 14.4. The van der Waals surface area contributed by atoms with E-state index in [1.807, 2.05) is 13.8 Å². The predicted molar refractivity (Wildman–Crippen MR) is 153 cm³/mol. The van der Waals surface area contributed by atoms with Gasteiger partial charge >= 0.3 is 0 Å². The van der Waals surface area contributed by atoms with Crippen molar-refractivity contribution in [3.05, 3.63) is 88.9 Å². The third kappa shape index (κ3) is 7.52. The van der Waals surface area contributed by atoms with Crippen LogP contribution in [0.3, 0.4) is 0 Å². The molecule has 0 aliphatic carbocycles. The molecule has 0 heterocycles. The molecule has 3 rings (SSSR count). The number of para-hydroxylation sites is 2. The molecule has 0 unspecified atom stereocenters. The van der Waals surface area contributed by atoms with E-state index in [1.165, 1.54) is 24.1 Å². The lowest BCUT2D eigenvalue weighted by Gasteiger charge is -2.32. The monoisotopic (exact) mass is 571 g/mol. The van der Waals surface area contributed by atoms with E-state index in [9.17, 15) is 18.0 Å². The smallest absolute Gasteiger partial charge is 0.264 e. The summed E-state index contributed by atoms with van der Waals surface area (Å²) in [5.41, 5.74) is 1.85. The molecule has 0 radical (unpaired) electrons. The Morgan fingerprint density at radius 3 is 2.26 bits per heavy atom. The lowest BCUT2D eigenvalue weighted by molar-refractivity contribution is -0.139. The number of hydrogen-bond donors (Lipinski definition) is 1. The molecule has 39 heavy (non-hydrogen) atoms. The Morgan fingerprint density at radius 1 is 1.00 bits per heavy atom. The molecule has 0 fully saturated rings. The molecule has 2 amide bonds. The number of carbonyl (C=O) groups excluding carboxylic acids is 2. The first-order chi connectivity index (χ1) is 18.6. The molecule has 1 atom stereocenters. The van der Waals surface area contributed by atoms with Crippen molar-refractivity contribution in [3.8, 4) is 5.75 Å². The number of sulfonamides is 1. The topological polar surface area (TPSA) is 96.0 Å². The first-order valence-electron chi connectivity index (χ1n) is 12.6. The highest BCUT2D eigenvalue weighted by Gasteiger charge is 2.33. The SMILES string of the molecule is CCCNC(=O)[C@@H](C)N(Cc1ccc(Cl)cc1)C(=O)CN(c1ccccc1OC)S(=O)(=O)c1ccc(C)cc1. The first kappa shape index (κ1) is 30.0. The summed E-state index contributed by atoms with van der Waals surface area (Å²) in [6.07, 6.45) is 0.736. The molecule has 0 saturated carbocycles. The molecule has 1 N–H and O–H groups in total. The van der Waals surface area contributed by atoms with E-state index in [0.717, 1.165) is 21.9 Å². The van der Waals surface area contributed by atoms with E-state index < -0.39 is 28.5 Å². The van der Waals surface area contributed by atoms with Gasteiger partial charge in [-0.2, -0.15) is 0 Å². The van der Waals surface area contributed by atoms with Crippen LogP contribution in [0.1, 0.15) is 31.4 Å². The average Bonchev–Trinajstić information content (AvgIpc) is 2.93. The van der Waals surface area contributed by atoms with Crippen molar-refractivity contribution in [2.75, 3.05) is 24.5 Å². The fraction of sp³-hybridized carbons (Fsp3) is 0.310. The van der Waals surface area contributed by atoms with Crippen molar-refractivity contribution in [1.82, 2.24) is 10.2 Å². The van der Waals surface area contributed by atoms with Crippen LogP contribution in [0.5, 0.6) is 5.75 Å². The van der Waals surface area contributed by atoms with Gasteiger partial charge in [0.2, 0.25) is 11.8 Å². The van der Waals surface area contributed by atoms with Gasteiger partial charge in [0.05, 0.1) is 17.7 Å². The molecule has 0 spiro atoms. The standard InChI is InChI=1S/C29H34ClN3O5S/c1-5-18-31-29(35)22(3)32(19-23-12-14-24(30)15-13-23)28(34)20-33(26-8-6-7-9-27(26)38-4)39(36,37)25-16-10-21(2)11-17-25/h6-17,22H,5,18-20H2,1-4H3,(H,31,35)/t22-/m1/s1. The number of methoxy groups -OCH3 is 1. The van der Waals surface area contributed by atoms with E-state index in [-0.39, 0.29) is 23.0 Å². The van der Waals surface area contributed by atoms with Crippen LogP contribution in [0.4, 0.5) is 5.69 Å². The molecule has 10 heteroatoms. The second kappa shape index (κ2) is 13.5. The number of ether oxygens (including phenoxy) is 1. The summed E-state index contributed by atoms with van der Waals surface area (Å²) in [7, 11) is -2.75. The summed E-state index contributed by atoms with van der Waals surface area (Å²) in [4.78, 5) is 28.3. The Labute approximate surface area is 235 Å². The zero-order chi connectivity index (χ0) is 28.6. The van der Waals surface area contributed by atoms with Crippen LogP contribution >= 0.6 is 11.6 Å². The van der Waals surface area contributed by atoms with Gasteiger partial charge in [-0.25, -0.2) is 8.42 Å². The van der Waals surface area contributed by atoms with E-state index in [4.69, 9.17) is 16.3 Å². The number of amides is 2. The highest BCUT2D eigenvalue weighted by Crippen LogP contribution is 2.32. The van der Waals surface area contributed by atoms with Crippen molar-refractivity contribution in [3.63, 3.8) is 0 Å². The Bertz CT molecular complexity index is 1380. The van der Waals surface area contributed by atoms with E-state index >= 15 is 0 Å². The highest BCUT2D eigenvalue weighted by molar-refractivity contribution is 7.92. The van der Waals surface area contributed by atoms with Crippen LogP contribution in [0, 0.1) is 6.92 Å². The van der Waals surface area contributed by atoms with Crippen LogP contribution in [-0.2, 0) is 26.2 Å². The number of hydrogen-bond acceptors (Lipinski definition) is 5. The lowest BCUT2D eigenvalue weighted by Crippen LogP contribution is -2.51. The third-order valence-corrected chi connectivity index (χ3v) is 8.25. The number of nitrogens with one attached hydrogen (secondary N) is 1. The molecule has 0 aromatic heterocycles. The zero-order valence-corrected chi connectivity index (χ0v) is 24.1. The molecule has 8 nitrogen and oxygen atoms in total. The summed E-state index contributed by atoms with van der Waals surface area (Å²) < 4.78 is 34.3. The van der Waals surface area contributed by atoms with Gasteiger partial charge in [-0.05, 0) is 62.2 Å². The summed E-state index contributed by atoms with van der Waals surface area (Å²) in [5, 5.41) is 3.36. The molecule has 0 aliphatic rings. The molecule has 0 saturated heterocycles. The maximum atomic E-state index is 13.9. The van der Waals surface area contributed by atoms with Gasteiger partial charge in [0.1, 0.15) is 18.3 Å². The van der Waals surface area contributed by atoms with Crippen LogP contribution in [0.2, 0.25) is 5.02 Å². The van der Waals surface area contributed by atoms with Crippen molar-refractivity contribution in [1.29, 1.82) is 0 Å². The predicted octanol–water partition coefficient (Wildman–Crippen LogP) is 4.80. The number of halogens is 1. The fourth-order valence-corrected chi connectivity index (χ4v) is 5.50. The van der Waals surface area contributed by atoms with Crippen molar-refractivity contribution in [2.45, 2.75) is 44.7 Å². The second-order valence-corrected chi connectivity index (χ2v) is 11.4. The van der Waals surface area contributed by atoms with Crippen LogP contribution in [0.25, 0.3) is 0 Å². The lowest BCUT2D eigenvalue weighted by atomic mass is 10.1. The van der Waals surface area contributed by atoms with Crippen LogP contribution in [0.15, 0.2) is 77.7 Å². The normalized spacial score (nSPS) is 11.9. The van der Waals surface area contributed by atoms with Gasteiger partial charge < -0.3 is 15.0 Å².